The zero-order chi connectivity index (χ0) is 9.14. The summed E-state index contributed by atoms with van der Waals surface area (Å²) in [6.07, 6.45) is -0.561. The summed E-state index contributed by atoms with van der Waals surface area (Å²) in [7, 11) is 1.65. The summed E-state index contributed by atoms with van der Waals surface area (Å²) in [5, 5.41) is 0. The number of Topliss-reactive ketones (excluding diaryl/α,β-unsaturated/α-hetero) is 1. The van der Waals surface area contributed by atoms with Gasteiger partial charge in [-0.3, -0.25) is 9.69 Å². The molecular formula is C8H13F2NO. The fraction of sp³-hybridized carbons (Fsp3) is 0.875. The highest BCUT2D eigenvalue weighted by Crippen LogP contribution is 2.19. The normalized spacial score (nSPS) is 24.4. The quantitative estimate of drug-likeness (QED) is 0.647. The molecule has 12 heavy (non-hydrogen) atoms. The molecule has 1 saturated carbocycles. The van der Waals surface area contributed by atoms with Crippen LogP contribution in [0, 0.1) is 0 Å². The van der Waals surface area contributed by atoms with Crippen LogP contribution in [0.1, 0.15) is 19.3 Å². The first-order valence-electron chi connectivity index (χ1n) is 4.09. The highest BCUT2D eigenvalue weighted by atomic mass is 19.3. The van der Waals surface area contributed by atoms with Gasteiger partial charge in [-0.2, -0.15) is 0 Å². The van der Waals surface area contributed by atoms with Crippen LogP contribution in [0.2, 0.25) is 0 Å². The first-order chi connectivity index (χ1) is 5.59. The zero-order valence-corrected chi connectivity index (χ0v) is 7.09. The third-order valence-electron chi connectivity index (χ3n) is 2.27. The van der Waals surface area contributed by atoms with Crippen molar-refractivity contribution < 1.29 is 13.6 Å². The average Bonchev–Trinajstić information content (AvgIpc) is 2.34. The molecule has 4 heteroatoms. The van der Waals surface area contributed by atoms with E-state index < -0.39 is 6.43 Å². The number of carbonyl (C=O) groups is 1. The number of ketones is 1. The number of hydrogen-bond donors (Lipinski definition) is 0. The summed E-state index contributed by atoms with van der Waals surface area (Å²) >= 11 is 0. The molecule has 1 aliphatic carbocycles. The second-order valence-corrected chi connectivity index (χ2v) is 3.27. The fourth-order valence-corrected chi connectivity index (χ4v) is 1.54. The van der Waals surface area contributed by atoms with Gasteiger partial charge in [-0.25, -0.2) is 8.78 Å². The average molecular weight is 177 g/mol. The fourth-order valence-electron chi connectivity index (χ4n) is 1.54. The SMILES string of the molecule is CN(CC(F)F)C1CCC(=O)C1. The smallest absolute Gasteiger partial charge is 0.251 e. The van der Waals surface area contributed by atoms with Crippen LogP contribution < -0.4 is 0 Å². The van der Waals surface area contributed by atoms with Gasteiger partial charge in [0.2, 0.25) is 0 Å². The summed E-state index contributed by atoms with van der Waals surface area (Å²) in [5.41, 5.74) is 0. The largest absolute Gasteiger partial charge is 0.300 e. The second kappa shape index (κ2) is 3.94. The Balaban J connectivity index is 2.32. The molecule has 2 nitrogen and oxygen atoms in total. The number of rotatable bonds is 3. The molecule has 1 fully saturated rings. The molecule has 0 heterocycles. The van der Waals surface area contributed by atoms with Gasteiger partial charge in [-0.05, 0) is 13.5 Å². The van der Waals surface area contributed by atoms with E-state index in [-0.39, 0.29) is 18.4 Å². The molecule has 0 amide bonds. The van der Waals surface area contributed by atoms with E-state index in [1.165, 1.54) is 0 Å². The number of nitrogens with zero attached hydrogens (tertiary/aromatic N) is 1. The minimum atomic E-state index is -2.30. The van der Waals surface area contributed by atoms with Crippen molar-refractivity contribution in [3.8, 4) is 0 Å². The lowest BCUT2D eigenvalue weighted by atomic mass is 10.2. The molecule has 0 bridgehead atoms. The standard InChI is InChI=1S/C8H13F2NO/c1-11(5-8(9)10)6-2-3-7(12)4-6/h6,8H,2-5H2,1H3. The van der Waals surface area contributed by atoms with Crippen LogP contribution in [0.25, 0.3) is 0 Å². The Morgan fingerprint density at radius 1 is 1.67 bits per heavy atom. The van der Waals surface area contributed by atoms with Crippen molar-refractivity contribution in [3.05, 3.63) is 0 Å². The Labute approximate surface area is 70.5 Å². The van der Waals surface area contributed by atoms with Crippen LogP contribution >= 0.6 is 0 Å². The van der Waals surface area contributed by atoms with Gasteiger partial charge < -0.3 is 0 Å². The minimum Gasteiger partial charge on any atom is -0.300 e. The van der Waals surface area contributed by atoms with Crippen molar-refractivity contribution in [2.45, 2.75) is 31.7 Å². The topological polar surface area (TPSA) is 20.3 Å². The van der Waals surface area contributed by atoms with Crippen molar-refractivity contribution in [3.63, 3.8) is 0 Å². The van der Waals surface area contributed by atoms with Crippen molar-refractivity contribution in [1.29, 1.82) is 0 Å². The molecule has 1 atom stereocenters. The third-order valence-corrected chi connectivity index (χ3v) is 2.27. The van der Waals surface area contributed by atoms with Crippen LogP contribution in [0.4, 0.5) is 8.78 Å². The number of carbonyl (C=O) groups excluding carboxylic acids is 1. The molecule has 1 unspecified atom stereocenters. The molecule has 0 spiro atoms. The summed E-state index contributed by atoms with van der Waals surface area (Å²) in [6.45, 7) is -0.224. The predicted molar refractivity (Wildman–Crippen MR) is 41.3 cm³/mol. The number of alkyl halides is 2. The van der Waals surface area contributed by atoms with Gasteiger partial charge in [0.1, 0.15) is 5.78 Å². The molecular weight excluding hydrogens is 164 g/mol. The predicted octanol–water partition coefficient (Wildman–Crippen LogP) is 1.30. The first kappa shape index (κ1) is 9.58. The summed E-state index contributed by atoms with van der Waals surface area (Å²) in [4.78, 5) is 12.4. The molecule has 70 valence electrons. The summed E-state index contributed by atoms with van der Waals surface area (Å²) < 4.78 is 23.8. The van der Waals surface area contributed by atoms with Crippen LogP contribution in [0.5, 0.6) is 0 Å². The molecule has 0 radical (unpaired) electrons. The summed E-state index contributed by atoms with van der Waals surface area (Å²) in [6, 6.07) is 0.0477. The molecule has 1 aliphatic rings. The monoisotopic (exact) mass is 177 g/mol. The van der Waals surface area contributed by atoms with Gasteiger partial charge in [0, 0.05) is 18.9 Å². The van der Waals surface area contributed by atoms with E-state index in [2.05, 4.69) is 0 Å². The Bertz CT molecular complexity index is 172. The summed E-state index contributed by atoms with van der Waals surface area (Å²) in [5.74, 6) is 0.195. The lowest BCUT2D eigenvalue weighted by Crippen LogP contribution is -2.33. The Morgan fingerprint density at radius 2 is 2.33 bits per heavy atom. The minimum absolute atomic E-state index is 0.0477. The lowest BCUT2D eigenvalue weighted by Gasteiger charge is -2.22. The highest BCUT2D eigenvalue weighted by molar-refractivity contribution is 5.81. The number of halogens is 2. The van der Waals surface area contributed by atoms with E-state index >= 15 is 0 Å². The maximum Gasteiger partial charge on any atom is 0.251 e. The Hall–Kier alpha value is -0.510. The highest BCUT2D eigenvalue weighted by Gasteiger charge is 2.26. The first-order valence-corrected chi connectivity index (χ1v) is 4.09. The van der Waals surface area contributed by atoms with E-state index in [9.17, 15) is 13.6 Å². The van der Waals surface area contributed by atoms with Crippen molar-refractivity contribution in [1.82, 2.24) is 4.90 Å². The van der Waals surface area contributed by atoms with Crippen molar-refractivity contribution in [2.75, 3.05) is 13.6 Å². The van der Waals surface area contributed by atoms with Gasteiger partial charge in [-0.1, -0.05) is 0 Å². The van der Waals surface area contributed by atoms with Crippen molar-refractivity contribution in [2.24, 2.45) is 0 Å². The van der Waals surface area contributed by atoms with E-state index in [1.54, 1.807) is 11.9 Å². The molecule has 1 rings (SSSR count). The maximum absolute atomic E-state index is 11.9. The van der Waals surface area contributed by atoms with E-state index in [0.717, 1.165) is 6.42 Å². The van der Waals surface area contributed by atoms with Gasteiger partial charge >= 0.3 is 0 Å². The zero-order valence-electron chi connectivity index (χ0n) is 7.09. The van der Waals surface area contributed by atoms with Gasteiger partial charge in [0.05, 0.1) is 6.54 Å². The van der Waals surface area contributed by atoms with E-state index in [4.69, 9.17) is 0 Å². The Morgan fingerprint density at radius 3 is 2.75 bits per heavy atom. The lowest BCUT2D eigenvalue weighted by molar-refractivity contribution is -0.117. The van der Waals surface area contributed by atoms with Gasteiger partial charge in [0.25, 0.3) is 6.43 Å². The molecule has 0 saturated heterocycles. The molecule has 0 aromatic rings. The maximum atomic E-state index is 11.9. The molecule has 0 aromatic carbocycles. The Kier molecular flexibility index (Phi) is 3.14. The van der Waals surface area contributed by atoms with Crippen LogP contribution in [-0.2, 0) is 4.79 Å². The van der Waals surface area contributed by atoms with Crippen LogP contribution in [0.3, 0.4) is 0 Å². The van der Waals surface area contributed by atoms with Crippen LogP contribution in [-0.4, -0.2) is 36.7 Å². The van der Waals surface area contributed by atoms with Gasteiger partial charge in [0.15, 0.2) is 0 Å². The number of hydrogen-bond acceptors (Lipinski definition) is 2. The second-order valence-electron chi connectivity index (χ2n) is 3.27. The molecule has 0 aliphatic heterocycles. The molecule has 0 aromatic heterocycles. The van der Waals surface area contributed by atoms with Crippen LogP contribution in [0.15, 0.2) is 0 Å². The van der Waals surface area contributed by atoms with E-state index in [1.807, 2.05) is 0 Å². The van der Waals surface area contributed by atoms with Crippen molar-refractivity contribution >= 4 is 5.78 Å². The van der Waals surface area contributed by atoms with Gasteiger partial charge in [-0.15, -0.1) is 0 Å². The van der Waals surface area contributed by atoms with E-state index in [0.29, 0.717) is 12.8 Å². The third kappa shape index (κ3) is 2.52. The molecule has 0 N–H and O–H groups in total.